The van der Waals surface area contributed by atoms with E-state index in [0.717, 1.165) is 0 Å². The van der Waals surface area contributed by atoms with Gasteiger partial charge in [0.1, 0.15) is 23.2 Å². The third kappa shape index (κ3) is 1.67. The van der Waals surface area contributed by atoms with Crippen LogP contribution < -0.4 is 0 Å². The monoisotopic (exact) mass is 256 g/mol. The summed E-state index contributed by atoms with van der Waals surface area (Å²) in [5.41, 5.74) is 1.70. The van der Waals surface area contributed by atoms with Gasteiger partial charge in [0.15, 0.2) is 11.5 Å². The van der Waals surface area contributed by atoms with Crippen molar-refractivity contribution in [1.82, 2.24) is 24.6 Å². The fourth-order valence-electron chi connectivity index (χ4n) is 1.54. The van der Waals surface area contributed by atoms with Crippen molar-refractivity contribution in [2.75, 3.05) is 0 Å². The van der Waals surface area contributed by atoms with E-state index in [0.29, 0.717) is 27.9 Å². The second-order valence-electron chi connectivity index (χ2n) is 3.51. The van der Waals surface area contributed by atoms with Gasteiger partial charge < -0.3 is 0 Å². The summed E-state index contributed by atoms with van der Waals surface area (Å²) in [6.45, 7) is 0. The van der Waals surface area contributed by atoms with E-state index in [9.17, 15) is 0 Å². The lowest BCUT2D eigenvalue weighted by Crippen LogP contribution is -1.93. The highest BCUT2D eigenvalue weighted by Crippen LogP contribution is 2.17. The molecule has 3 rings (SSSR count). The Kier molecular flexibility index (Phi) is 2.39. The second kappa shape index (κ2) is 4.05. The first-order valence-corrected chi connectivity index (χ1v) is 5.38. The van der Waals surface area contributed by atoms with Gasteiger partial charge in [-0.25, -0.2) is 4.98 Å². The van der Waals surface area contributed by atoms with E-state index in [1.807, 2.05) is 6.07 Å². The van der Waals surface area contributed by atoms with Crippen LogP contribution in [0.25, 0.3) is 17.2 Å². The molecule has 3 heterocycles. The summed E-state index contributed by atoms with van der Waals surface area (Å²) < 4.78 is 1.68. The number of hydrogen-bond acceptors (Lipinski definition) is 5. The van der Waals surface area contributed by atoms with Crippen molar-refractivity contribution in [3.8, 4) is 17.6 Å². The fourth-order valence-corrected chi connectivity index (χ4v) is 1.68. The van der Waals surface area contributed by atoms with Gasteiger partial charge in [-0.15, -0.1) is 10.2 Å². The predicted octanol–water partition coefficient (Wildman–Crippen LogP) is 1.71. The van der Waals surface area contributed by atoms with Crippen LogP contribution in [0.15, 0.2) is 30.7 Å². The molecule has 0 unspecified atom stereocenters. The molecule has 0 amide bonds. The molecule has 0 bridgehead atoms. The van der Waals surface area contributed by atoms with Crippen LogP contribution in [0.1, 0.15) is 5.56 Å². The van der Waals surface area contributed by atoms with E-state index < -0.39 is 0 Å². The molecule has 0 fully saturated rings. The van der Waals surface area contributed by atoms with Crippen LogP contribution in [0, 0.1) is 11.3 Å². The first kappa shape index (κ1) is 10.6. The lowest BCUT2D eigenvalue weighted by molar-refractivity contribution is 1.06. The molecule has 0 radical (unpaired) electrons. The topological polar surface area (TPSA) is 79.8 Å². The predicted molar refractivity (Wildman–Crippen MR) is 63.7 cm³/mol. The molecule has 0 aliphatic carbocycles. The quantitative estimate of drug-likeness (QED) is 0.619. The van der Waals surface area contributed by atoms with Gasteiger partial charge >= 0.3 is 0 Å². The summed E-state index contributed by atoms with van der Waals surface area (Å²) >= 11 is 5.77. The van der Waals surface area contributed by atoms with Gasteiger partial charge in [0.2, 0.25) is 0 Å². The Bertz CT molecular complexity index is 755. The van der Waals surface area contributed by atoms with Crippen LogP contribution in [-0.2, 0) is 0 Å². The van der Waals surface area contributed by atoms with E-state index in [4.69, 9.17) is 16.9 Å². The van der Waals surface area contributed by atoms with E-state index >= 15 is 0 Å². The number of aromatic nitrogens is 5. The maximum atomic E-state index is 8.71. The molecule has 3 aromatic rings. The first-order chi connectivity index (χ1) is 8.78. The summed E-state index contributed by atoms with van der Waals surface area (Å²) in [6, 6.07) is 7.01. The van der Waals surface area contributed by atoms with Crippen LogP contribution in [0.3, 0.4) is 0 Å². The molecule has 0 spiro atoms. The molecular weight excluding hydrogens is 252 g/mol. The van der Waals surface area contributed by atoms with Gasteiger partial charge in [0.05, 0.1) is 5.56 Å². The number of nitrogens with zero attached hydrogens (tertiary/aromatic N) is 6. The molecule has 3 aromatic heterocycles. The van der Waals surface area contributed by atoms with E-state index in [1.165, 1.54) is 12.5 Å². The summed E-state index contributed by atoms with van der Waals surface area (Å²) in [5, 5.41) is 17.1. The molecule has 0 aliphatic heterocycles. The molecule has 6 nitrogen and oxygen atoms in total. The Morgan fingerprint density at radius 3 is 2.83 bits per heavy atom. The Morgan fingerprint density at radius 1 is 1.22 bits per heavy atom. The number of halogens is 1. The van der Waals surface area contributed by atoms with Crippen molar-refractivity contribution in [3.05, 3.63) is 41.4 Å². The van der Waals surface area contributed by atoms with Gasteiger partial charge in [0.25, 0.3) is 0 Å². The molecule has 0 saturated carbocycles. The largest absolute Gasteiger partial charge is 0.264 e. The zero-order valence-corrected chi connectivity index (χ0v) is 9.70. The Hall–Kier alpha value is -2.52. The molecule has 0 N–H and O–H groups in total. The van der Waals surface area contributed by atoms with Crippen molar-refractivity contribution in [1.29, 1.82) is 5.26 Å². The Labute approximate surface area is 107 Å². The van der Waals surface area contributed by atoms with E-state index in [1.54, 1.807) is 22.6 Å². The van der Waals surface area contributed by atoms with Crippen LogP contribution in [0.4, 0.5) is 0 Å². The molecule has 0 aliphatic rings. The van der Waals surface area contributed by atoms with Crippen molar-refractivity contribution >= 4 is 17.2 Å². The van der Waals surface area contributed by atoms with Crippen LogP contribution >= 0.6 is 11.6 Å². The number of pyridine rings is 1. The highest BCUT2D eigenvalue weighted by atomic mass is 35.5. The second-order valence-corrected chi connectivity index (χ2v) is 3.89. The minimum absolute atomic E-state index is 0.356. The molecule has 0 aromatic carbocycles. The van der Waals surface area contributed by atoms with Crippen LogP contribution in [0.2, 0.25) is 5.15 Å². The van der Waals surface area contributed by atoms with Gasteiger partial charge in [-0.3, -0.25) is 9.38 Å². The number of nitriles is 1. The normalized spacial score (nSPS) is 10.4. The van der Waals surface area contributed by atoms with Crippen LogP contribution in [-0.4, -0.2) is 24.6 Å². The number of hydrogen-bond donors (Lipinski definition) is 0. The standard InChI is InChI=1S/C11H5ClN6/c12-9-3-10-16-17-11(18(10)6-15-9)8-2-1-7(4-13)5-14-8/h1-3,5-6H. The van der Waals surface area contributed by atoms with Gasteiger partial charge in [-0.05, 0) is 12.1 Å². The van der Waals surface area contributed by atoms with Crippen molar-refractivity contribution in [2.45, 2.75) is 0 Å². The first-order valence-electron chi connectivity index (χ1n) is 5.01. The third-order valence-electron chi connectivity index (χ3n) is 2.39. The number of fused-ring (bicyclic) bond motifs is 1. The lowest BCUT2D eigenvalue weighted by Gasteiger charge is -1.98. The highest BCUT2D eigenvalue weighted by molar-refractivity contribution is 6.29. The zero-order chi connectivity index (χ0) is 12.5. The Balaban J connectivity index is 2.16. The average molecular weight is 257 g/mol. The Morgan fingerprint density at radius 2 is 2.11 bits per heavy atom. The van der Waals surface area contributed by atoms with Crippen molar-refractivity contribution in [3.63, 3.8) is 0 Å². The third-order valence-corrected chi connectivity index (χ3v) is 2.60. The zero-order valence-electron chi connectivity index (χ0n) is 8.95. The molecule has 0 saturated heterocycles. The average Bonchev–Trinajstić information content (AvgIpc) is 2.81. The molecule has 18 heavy (non-hydrogen) atoms. The molecule has 0 atom stereocenters. The van der Waals surface area contributed by atoms with Crippen molar-refractivity contribution in [2.24, 2.45) is 0 Å². The van der Waals surface area contributed by atoms with Gasteiger partial charge in [0, 0.05) is 12.3 Å². The molecular formula is C11H5ClN6. The van der Waals surface area contributed by atoms with Gasteiger partial charge in [-0.1, -0.05) is 11.6 Å². The summed E-state index contributed by atoms with van der Waals surface area (Å²) in [7, 11) is 0. The SMILES string of the molecule is N#Cc1ccc(-c2nnc3cc(Cl)ncn23)nc1. The summed E-state index contributed by atoms with van der Waals surface area (Å²) in [4.78, 5) is 8.13. The summed E-state index contributed by atoms with van der Waals surface area (Å²) in [6.07, 6.45) is 3.02. The van der Waals surface area contributed by atoms with Gasteiger partial charge in [-0.2, -0.15) is 5.26 Å². The van der Waals surface area contributed by atoms with E-state index in [2.05, 4.69) is 20.2 Å². The smallest absolute Gasteiger partial charge is 0.188 e. The fraction of sp³-hybridized carbons (Fsp3) is 0. The maximum absolute atomic E-state index is 8.71. The minimum atomic E-state index is 0.356. The van der Waals surface area contributed by atoms with Crippen molar-refractivity contribution < 1.29 is 0 Å². The van der Waals surface area contributed by atoms with E-state index in [-0.39, 0.29) is 0 Å². The lowest BCUT2D eigenvalue weighted by atomic mass is 10.2. The maximum Gasteiger partial charge on any atom is 0.188 e. The van der Waals surface area contributed by atoms with Crippen LogP contribution in [0.5, 0.6) is 0 Å². The molecule has 7 heteroatoms. The number of rotatable bonds is 1. The highest BCUT2D eigenvalue weighted by Gasteiger charge is 2.09. The minimum Gasteiger partial charge on any atom is -0.264 e. The summed E-state index contributed by atoms with van der Waals surface area (Å²) in [5.74, 6) is 0.554. The molecule has 86 valence electrons.